The lowest BCUT2D eigenvalue weighted by Crippen LogP contribution is -2.37. The van der Waals surface area contributed by atoms with Crippen LogP contribution in [0.3, 0.4) is 0 Å². The molecule has 1 aliphatic rings. The first-order valence-corrected chi connectivity index (χ1v) is 8.54. The molecule has 1 amide bonds. The number of amides is 1. The van der Waals surface area contributed by atoms with Crippen molar-refractivity contribution < 1.29 is 4.79 Å². The highest BCUT2D eigenvalue weighted by Gasteiger charge is 2.33. The van der Waals surface area contributed by atoms with Crippen LogP contribution in [0, 0.1) is 5.92 Å². The summed E-state index contributed by atoms with van der Waals surface area (Å²) < 4.78 is 0. The molecule has 5 heteroatoms. The smallest absolute Gasteiger partial charge is 0.241 e. The Balaban J connectivity index is 0.00000192. The largest absolute Gasteiger partial charge is 0.325 e. The van der Waals surface area contributed by atoms with E-state index in [4.69, 9.17) is 5.73 Å². The maximum atomic E-state index is 11.9. The number of carbonyl (C=O) groups excluding carboxylic acids is 1. The van der Waals surface area contributed by atoms with Crippen molar-refractivity contribution in [3.05, 3.63) is 60.2 Å². The van der Waals surface area contributed by atoms with Crippen molar-refractivity contribution in [3.63, 3.8) is 0 Å². The third-order valence-corrected chi connectivity index (χ3v) is 4.89. The number of hydrogen-bond acceptors (Lipinski definition) is 3. The molecule has 1 saturated carbocycles. The van der Waals surface area contributed by atoms with Crippen molar-refractivity contribution in [2.75, 3.05) is 5.32 Å². The Kier molecular flexibility index (Phi) is 6.51. The number of benzene rings is 2. The Hall–Kier alpha value is -1.49. The molecule has 23 heavy (non-hydrogen) atoms. The Morgan fingerprint density at radius 1 is 1.13 bits per heavy atom. The standard InChI is InChI=1S/C18H20N2OS.ClH/c19-17(14-6-7-14)18(21)20-15-8-10-16(11-9-15)22-12-13-4-2-1-3-5-13;/h1-5,8-11,14,17H,6-7,12,19H2,(H,20,21);1H/t17-;/m0./s1. The SMILES string of the molecule is Cl.N[C@H](C(=O)Nc1ccc(SCc2ccccc2)cc1)C1CC1. The second-order valence-corrected chi connectivity index (χ2v) is 6.70. The summed E-state index contributed by atoms with van der Waals surface area (Å²) in [6.45, 7) is 0. The molecule has 0 unspecified atom stereocenters. The summed E-state index contributed by atoms with van der Waals surface area (Å²) in [5.41, 5.74) is 8.01. The molecule has 2 aromatic carbocycles. The van der Waals surface area contributed by atoms with Crippen LogP contribution in [0.4, 0.5) is 5.69 Å². The fraction of sp³-hybridized carbons (Fsp3) is 0.278. The van der Waals surface area contributed by atoms with Crippen LogP contribution < -0.4 is 11.1 Å². The molecule has 3 N–H and O–H groups in total. The molecule has 1 atom stereocenters. The van der Waals surface area contributed by atoms with Crippen LogP contribution in [-0.2, 0) is 10.5 Å². The van der Waals surface area contributed by atoms with E-state index < -0.39 is 0 Å². The summed E-state index contributed by atoms with van der Waals surface area (Å²) in [6, 6.07) is 18.0. The second-order valence-electron chi connectivity index (χ2n) is 5.65. The molecule has 0 spiro atoms. The van der Waals surface area contributed by atoms with Gasteiger partial charge in [-0.25, -0.2) is 0 Å². The first-order valence-electron chi connectivity index (χ1n) is 7.55. The first-order chi connectivity index (χ1) is 10.7. The summed E-state index contributed by atoms with van der Waals surface area (Å²) in [5, 5.41) is 2.89. The summed E-state index contributed by atoms with van der Waals surface area (Å²) in [7, 11) is 0. The maximum absolute atomic E-state index is 11.9. The zero-order valence-electron chi connectivity index (χ0n) is 12.8. The van der Waals surface area contributed by atoms with Gasteiger partial charge in [-0.1, -0.05) is 30.3 Å². The van der Waals surface area contributed by atoms with Crippen molar-refractivity contribution in [2.45, 2.75) is 29.5 Å². The lowest BCUT2D eigenvalue weighted by molar-refractivity contribution is -0.117. The molecule has 0 aliphatic heterocycles. The van der Waals surface area contributed by atoms with E-state index in [0.717, 1.165) is 24.3 Å². The number of nitrogens with one attached hydrogen (secondary N) is 1. The molecular weight excluding hydrogens is 328 g/mol. The molecule has 0 heterocycles. The Morgan fingerprint density at radius 3 is 2.39 bits per heavy atom. The molecule has 1 fully saturated rings. The van der Waals surface area contributed by atoms with Crippen LogP contribution in [0.5, 0.6) is 0 Å². The van der Waals surface area contributed by atoms with E-state index in [1.54, 1.807) is 11.8 Å². The van der Waals surface area contributed by atoms with Gasteiger partial charge < -0.3 is 11.1 Å². The van der Waals surface area contributed by atoms with Crippen LogP contribution in [0.1, 0.15) is 18.4 Å². The second kappa shape index (κ2) is 8.39. The van der Waals surface area contributed by atoms with Crippen molar-refractivity contribution in [2.24, 2.45) is 11.7 Å². The van der Waals surface area contributed by atoms with Crippen molar-refractivity contribution in [1.82, 2.24) is 0 Å². The van der Waals surface area contributed by atoms with E-state index >= 15 is 0 Å². The summed E-state index contributed by atoms with van der Waals surface area (Å²) in [6.07, 6.45) is 2.15. The average molecular weight is 349 g/mol. The van der Waals surface area contributed by atoms with Gasteiger partial charge in [0.25, 0.3) is 0 Å². The molecule has 1 aliphatic carbocycles. The van der Waals surface area contributed by atoms with Crippen molar-refractivity contribution >= 4 is 35.8 Å². The fourth-order valence-electron chi connectivity index (χ4n) is 2.27. The van der Waals surface area contributed by atoms with Gasteiger partial charge in [0.05, 0.1) is 6.04 Å². The summed E-state index contributed by atoms with van der Waals surface area (Å²) in [5.74, 6) is 1.24. The van der Waals surface area contributed by atoms with Gasteiger partial charge in [0, 0.05) is 16.3 Å². The number of nitrogens with two attached hydrogens (primary N) is 1. The van der Waals surface area contributed by atoms with E-state index in [9.17, 15) is 4.79 Å². The monoisotopic (exact) mass is 348 g/mol. The molecule has 0 bridgehead atoms. The lowest BCUT2D eigenvalue weighted by Gasteiger charge is -2.11. The minimum absolute atomic E-state index is 0. The maximum Gasteiger partial charge on any atom is 0.241 e. The minimum atomic E-state index is -0.368. The van der Waals surface area contributed by atoms with Crippen LogP contribution in [-0.4, -0.2) is 11.9 Å². The topological polar surface area (TPSA) is 55.1 Å². The van der Waals surface area contributed by atoms with E-state index in [0.29, 0.717) is 5.92 Å². The van der Waals surface area contributed by atoms with Gasteiger partial charge in [-0.05, 0) is 48.6 Å². The van der Waals surface area contributed by atoms with Crippen LogP contribution in [0.2, 0.25) is 0 Å². The fourth-order valence-corrected chi connectivity index (χ4v) is 3.12. The van der Waals surface area contributed by atoms with Crippen molar-refractivity contribution in [3.8, 4) is 0 Å². The molecule has 2 aromatic rings. The summed E-state index contributed by atoms with van der Waals surface area (Å²) in [4.78, 5) is 13.1. The van der Waals surface area contributed by atoms with E-state index in [1.807, 2.05) is 30.3 Å². The quantitative estimate of drug-likeness (QED) is 0.773. The highest BCUT2D eigenvalue weighted by Crippen LogP contribution is 2.32. The van der Waals surface area contributed by atoms with Crippen LogP contribution in [0.25, 0.3) is 0 Å². The van der Waals surface area contributed by atoms with Crippen molar-refractivity contribution in [1.29, 1.82) is 0 Å². The van der Waals surface area contributed by atoms with Crippen LogP contribution >= 0.6 is 24.2 Å². The van der Waals surface area contributed by atoms with E-state index in [2.05, 4.69) is 29.6 Å². The van der Waals surface area contributed by atoms with Gasteiger partial charge in [0.15, 0.2) is 0 Å². The van der Waals surface area contributed by atoms with Gasteiger partial charge in [-0.2, -0.15) is 0 Å². The average Bonchev–Trinajstić information content (AvgIpc) is 3.39. The Morgan fingerprint density at radius 2 is 1.78 bits per heavy atom. The molecule has 122 valence electrons. The zero-order valence-corrected chi connectivity index (χ0v) is 14.4. The van der Waals surface area contributed by atoms with E-state index in [-0.39, 0.29) is 24.4 Å². The molecule has 0 aromatic heterocycles. The molecule has 0 saturated heterocycles. The molecular formula is C18H21ClN2OS. The Labute approximate surface area is 147 Å². The number of anilines is 1. The number of halogens is 1. The van der Waals surface area contributed by atoms with Gasteiger partial charge in [0.1, 0.15) is 0 Å². The first kappa shape index (κ1) is 17.9. The number of carbonyl (C=O) groups is 1. The Bertz CT molecular complexity index is 629. The normalized spacial score (nSPS) is 14.7. The number of hydrogen-bond donors (Lipinski definition) is 2. The van der Waals surface area contributed by atoms with Gasteiger partial charge in [-0.3, -0.25) is 4.79 Å². The van der Waals surface area contributed by atoms with Crippen LogP contribution in [0.15, 0.2) is 59.5 Å². The highest BCUT2D eigenvalue weighted by molar-refractivity contribution is 7.98. The molecule has 3 nitrogen and oxygen atoms in total. The number of rotatable bonds is 6. The number of thioether (sulfide) groups is 1. The van der Waals surface area contributed by atoms with Gasteiger partial charge in [0.2, 0.25) is 5.91 Å². The third kappa shape index (κ3) is 5.27. The predicted molar refractivity (Wildman–Crippen MR) is 99.0 cm³/mol. The summed E-state index contributed by atoms with van der Waals surface area (Å²) >= 11 is 1.78. The molecule has 0 radical (unpaired) electrons. The van der Waals surface area contributed by atoms with E-state index in [1.165, 1.54) is 10.5 Å². The van der Waals surface area contributed by atoms with Gasteiger partial charge >= 0.3 is 0 Å². The minimum Gasteiger partial charge on any atom is -0.325 e. The highest BCUT2D eigenvalue weighted by atomic mass is 35.5. The zero-order chi connectivity index (χ0) is 15.4. The third-order valence-electron chi connectivity index (χ3n) is 3.80. The predicted octanol–water partition coefficient (Wildman–Crippen LogP) is 4.08. The lowest BCUT2D eigenvalue weighted by atomic mass is 10.2. The van der Waals surface area contributed by atoms with Gasteiger partial charge in [-0.15, -0.1) is 24.2 Å². The molecule has 3 rings (SSSR count).